The Labute approximate surface area is 123 Å². The highest BCUT2D eigenvalue weighted by Crippen LogP contribution is 2.18. The number of hydrogen-bond acceptors (Lipinski definition) is 4. The van der Waals surface area contributed by atoms with E-state index in [0.717, 1.165) is 30.9 Å². The van der Waals surface area contributed by atoms with Gasteiger partial charge in [0.2, 0.25) is 0 Å². The molecule has 20 heavy (non-hydrogen) atoms. The molecule has 0 unspecified atom stereocenters. The zero-order chi connectivity index (χ0) is 15.0. The van der Waals surface area contributed by atoms with Crippen molar-refractivity contribution in [3.63, 3.8) is 0 Å². The van der Waals surface area contributed by atoms with E-state index in [4.69, 9.17) is 9.47 Å². The maximum absolute atomic E-state index is 5.72. The van der Waals surface area contributed by atoms with Gasteiger partial charge >= 0.3 is 0 Å². The molecule has 1 N–H and O–H groups in total. The van der Waals surface area contributed by atoms with Gasteiger partial charge in [-0.05, 0) is 46.5 Å². The first-order valence-corrected chi connectivity index (χ1v) is 7.09. The summed E-state index contributed by atoms with van der Waals surface area (Å²) in [6, 6.07) is 8.09. The summed E-state index contributed by atoms with van der Waals surface area (Å²) in [5, 5.41) is 3.40. The van der Waals surface area contributed by atoms with Crippen LogP contribution >= 0.6 is 0 Å². The van der Waals surface area contributed by atoms with E-state index in [1.807, 2.05) is 32.3 Å². The molecule has 1 rings (SSSR count). The van der Waals surface area contributed by atoms with Gasteiger partial charge in [-0.2, -0.15) is 0 Å². The Balaban J connectivity index is 2.39. The maximum atomic E-state index is 5.72. The number of hydrogen-bond donors (Lipinski definition) is 1. The van der Waals surface area contributed by atoms with E-state index in [2.05, 4.69) is 30.1 Å². The smallest absolute Gasteiger partial charge is 0.121 e. The van der Waals surface area contributed by atoms with Crippen molar-refractivity contribution in [1.82, 2.24) is 4.90 Å². The van der Waals surface area contributed by atoms with Crippen LogP contribution in [0, 0.1) is 0 Å². The lowest BCUT2D eigenvalue weighted by molar-refractivity contribution is 0.0185. The normalized spacial score (nSPS) is 11.7. The summed E-state index contributed by atoms with van der Waals surface area (Å²) in [7, 11) is 5.83. The fraction of sp³-hybridized carbons (Fsp3) is 0.625. The molecule has 1 aromatic carbocycles. The summed E-state index contributed by atoms with van der Waals surface area (Å²) in [5.74, 6) is 0.905. The number of anilines is 1. The maximum Gasteiger partial charge on any atom is 0.121 e. The highest BCUT2D eigenvalue weighted by atomic mass is 16.5. The van der Waals surface area contributed by atoms with Crippen LogP contribution in [0.2, 0.25) is 0 Å². The van der Waals surface area contributed by atoms with Crippen LogP contribution in [-0.4, -0.2) is 51.4 Å². The number of rotatable bonds is 9. The summed E-state index contributed by atoms with van der Waals surface area (Å²) in [6.07, 6.45) is 0.954. The number of methoxy groups -OCH3 is 1. The Bertz CT molecular complexity index is 392. The molecular formula is C16H28N2O2. The van der Waals surface area contributed by atoms with Gasteiger partial charge in [-0.3, -0.25) is 0 Å². The molecule has 0 fully saturated rings. The Morgan fingerprint density at radius 3 is 2.65 bits per heavy atom. The van der Waals surface area contributed by atoms with Gasteiger partial charge in [0, 0.05) is 32.0 Å². The minimum Gasteiger partial charge on any atom is -0.492 e. The van der Waals surface area contributed by atoms with Crippen molar-refractivity contribution in [2.45, 2.75) is 25.9 Å². The van der Waals surface area contributed by atoms with Crippen LogP contribution in [0.25, 0.3) is 0 Å². The lowest BCUT2D eigenvalue weighted by Gasteiger charge is -2.23. The third-order valence-electron chi connectivity index (χ3n) is 3.25. The second-order valence-corrected chi connectivity index (χ2v) is 5.82. The molecule has 0 atom stereocenters. The zero-order valence-electron chi connectivity index (χ0n) is 13.4. The molecule has 114 valence electrons. The standard InChI is InChI=1S/C16H28N2O2/c1-16(2,19-5)9-10-17-14-7-6-8-15(13-14)20-12-11-18(3)4/h6-8,13,17H,9-12H2,1-5H3. The van der Waals surface area contributed by atoms with E-state index in [1.54, 1.807) is 7.11 Å². The Hall–Kier alpha value is -1.26. The molecule has 0 saturated carbocycles. The van der Waals surface area contributed by atoms with Gasteiger partial charge in [0.15, 0.2) is 0 Å². The van der Waals surface area contributed by atoms with Crippen molar-refractivity contribution in [1.29, 1.82) is 0 Å². The molecule has 0 saturated heterocycles. The van der Waals surface area contributed by atoms with Crippen LogP contribution in [0.3, 0.4) is 0 Å². The van der Waals surface area contributed by atoms with Crippen LogP contribution in [0.5, 0.6) is 5.75 Å². The van der Waals surface area contributed by atoms with Gasteiger partial charge in [-0.25, -0.2) is 0 Å². The highest BCUT2D eigenvalue weighted by molar-refractivity contribution is 5.48. The molecule has 0 aliphatic carbocycles. The summed E-state index contributed by atoms with van der Waals surface area (Å²) < 4.78 is 11.1. The zero-order valence-corrected chi connectivity index (χ0v) is 13.4. The molecule has 0 amide bonds. The average Bonchev–Trinajstić information content (AvgIpc) is 2.39. The van der Waals surface area contributed by atoms with Crippen LogP contribution in [0.4, 0.5) is 5.69 Å². The van der Waals surface area contributed by atoms with E-state index in [0.29, 0.717) is 6.61 Å². The second kappa shape index (κ2) is 8.12. The van der Waals surface area contributed by atoms with Crippen molar-refractivity contribution in [3.05, 3.63) is 24.3 Å². The number of nitrogens with one attached hydrogen (secondary N) is 1. The summed E-state index contributed by atoms with van der Waals surface area (Å²) in [4.78, 5) is 2.11. The largest absolute Gasteiger partial charge is 0.492 e. The summed E-state index contributed by atoms with van der Waals surface area (Å²) in [6.45, 7) is 6.68. The van der Waals surface area contributed by atoms with Gasteiger partial charge in [-0.1, -0.05) is 6.07 Å². The molecule has 0 aromatic heterocycles. The molecule has 0 radical (unpaired) electrons. The van der Waals surface area contributed by atoms with Crippen LogP contribution in [0.1, 0.15) is 20.3 Å². The lowest BCUT2D eigenvalue weighted by atomic mass is 10.1. The van der Waals surface area contributed by atoms with Crippen molar-refractivity contribution in [3.8, 4) is 5.75 Å². The van der Waals surface area contributed by atoms with Gasteiger partial charge in [0.25, 0.3) is 0 Å². The van der Waals surface area contributed by atoms with Crippen molar-refractivity contribution in [2.24, 2.45) is 0 Å². The van der Waals surface area contributed by atoms with E-state index in [9.17, 15) is 0 Å². The fourth-order valence-corrected chi connectivity index (χ4v) is 1.65. The average molecular weight is 280 g/mol. The minimum atomic E-state index is -0.0905. The molecule has 0 heterocycles. The number of nitrogens with zero attached hydrogens (tertiary/aromatic N) is 1. The fourth-order valence-electron chi connectivity index (χ4n) is 1.65. The third-order valence-corrected chi connectivity index (χ3v) is 3.25. The molecule has 1 aromatic rings. The first-order valence-electron chi connectivity index (χ1n) is 7.09. The van der Waals surface area contributed by atoms with Gasteiger partial charge in [0.1, 0.15) is 12.4 Å². The number of benzene rings is 1. The molecule has 4 heteroatoms. The van der Waals surface area contributed by atoms with Crippen molar-refractivity contribution >= 4 is 5.69 Å². The number of ether oxygens (including phenoxy) is 2. The summed E-state index contributed by atoms with van der Waals surface area (Å²) in [5.41, 5.74) is 0.992. The molecule has 0 spiro atoms. The third kappa shape index (κ3) is 6.78. The first kappa shape index (κ1) is 16.8. The predicted molar refractivity (Wildman–Crippen MR) is 84.7 cm³/mol. The van der Waals surface area contributed by atoms with Crippen LogP contribution in [0.15, 0.2) is 24.3 Å². The monoisotopic (exact) mass is 280 g/mol. The molecular weight excluding hydrogens is 252 g/mol. The van der Waals surface area contributed by atoms with Gasteiger partial charge in [-0.15, -0.1) is 0 Å². The van der Waals surface area contributed by atoms with Crippen LogP contribution in [-0.2, 0) is 4.74 Å². The Kier molecular flexibility index (Phi) is 6.82. The van der Waals surface area contributed by atoms with Crippen molar-refractivity contribution in [2.75, 3.05) is 46.2 Å². The van der Waals surface area contributed by atoms with E-state index in [-0.39, 0.29) is 5.60 Å². The highest BCUT2D eigenvalue weighted by Gasteiger charge is 2.15. The quantitative estimate of drug-likeness (QED) is 0.754. The minimum absolute atomic E-state index is 0.0905. The van der Waals surface area contributed by atoms with E-state index >= 15 is 0 Å². The van der Waals surface area contributed by atoms with E-state index < -0.39 is 0 Å². The Morgan fingerprint density at radius 1 is 1.25 bits per heavy atom. The SMILES string of the molecule is COC(C)(C)CCNc1cccc(OCCN(C)C)c1. The Morgan fingerprint density at radius 2 is 2.00 bits per heavy atom. The van der Waals surface area contributed by atoms with Crippen molar-refractivity contribution < 1.29 is 9.47 Å². The van der Waals surface area contributed by atoms with Crippen LogP contribution < -0.4 is 10.1 Å². The first-order chi connectivity index (χ1) is 9.43. The summed E-state index contributed by atoms with van der Waals surface area (Å²) >= 11 is 0. The number of likely N-dealkylation sites (N-methyl/N-ethyl adjacent to an activating group) is 1. The predicted octanol–water partition coefficient (Wildman–Crippen LogP) is 2.85. The molecule has 0 bridgehead atoms. The molecule has 0 aliphatic heterocycles. The topological polar surface area (TPSA) is 33.7 Å². The van der Waals surface area contributed by atoms with E-state index in [1.165, 1.54) is 0 Å². The molecule has 4 nitrogen and oxygen atoms in total. The lowest BCUT2D eigenvalue weighted by Crippen LogP contribution is -2.25. The van der Waals surface area contributed by atoms with Gasteiger partial charge < -0.3 is 19.7 Å². The molecule has 0 aliphatic rings. The second-order valence-electron chi connectivity index (χ2n) is 5.82. The van der Waals surface area contributed by atoms with Gasteiger partial charge in [0.05, 0.1) is 5.60 Å².